The maximum absolute atomic E-state index is 10.7. The van der Waals surface area contributed by atoms with Crippen molar-refractivity contribution in [3.05, 3.63) is 37.3 Å². The normalized spacial score (nSPS) is 10.5. The number of nitrogens with zero attached hydrogens (tertiary/aromatic N) is 3. The Morgan fingerprint density at radius 2 is 2.20 bits per heavy atom. The molecule has 7 heteroatoms. The van der Waals surface area contributed by atoms with Crippen molar-refractivity contribution in [2.24, 2.45) is 0 Å². The fourth-order valence-corrected chi connectivity index (χ4v) is 1.95. The van der Waals surface area contributed by atoms with Gasteiger partial charge in [-0.05, 0) is 40.3 Å². The number of halogens is 2. The molecule has 0 bridgehead atoms. The summed E-state index contributed by atoms with van der Waals surface area (Å²) in [6.45, 7) is 0. The van der Waals surface area contributed by atoms with Gasteiger partial charge in [-0.3, -0.25) is 10.1 Å². The first kappa shape index (κ1) is 10.5. The monoisotopic (exact) mass is 335 g/mol. The quantitative estimate of drug-likeness (QED) is 0.348. The molecule has 0 aliphatic rings. The van der Waals surface area contributed by atoms with Crippen LogP contribution in [0.4, 0.5) is 5.69 Å². The lowest BCUT2D eigenvalue weighted by molar-refractivity contribution is -0.385. The van der Waals surface area contributed by atoms with Crippen LogP contribution in [0.3, 0.4) is 0 Å². The molecule has 0 N–H and O–H groups in total. The molecule has 0 saturated carbocycles. The SMILES string of the molecule is O=[N+]([O-])c1cc2cnc(Cl)nc2cc1I. The van der Waals surface area contributed by atoms with Gasteiger partial charge in [0.2, 0.25) is 5.28 Å². The highest BCUT2D eigenvalue weighted by Gasteiger charge is 2.13. The number of nitro benzene ring substituents is 1. The molecular weight excluding hydrogens is 332 g/mol. The van der Waals surface area contributed by atoms with E-state index in [2.05, 4.69) is 9.97 Å². The molecular formula is C8H3ClIN3O2. The molecule has 1 aromatic carbocycles. The van der Waals surface area contributed by atoms with Gasteiger partial charge in [-0.2, -0.15) is 0 Å². The van der Waals surface area contributed by atoms with Crippen molar-refractivity contribution in [2.45, 2.75) is 0 Å². The molecule has 0 unspecified atom stereocenters. The number of rotatable bonds is 1. The first-order valence-corrected chi connectivity index (χ1v) is 5.30. The van der Waals surface area contributed by atoms with E-state index in [0.29, 0.717) is 14.5 Å². The van der Waals surface area contributed by atoms with Gasteiger partial charge in [0.05, 0.1) is 14.0 Å². The number of hydrogen-bond acceptors (Lipinski definition) is 4. The predicted octanol–water partition coefficient (Wildman–Crippen LogP) is 2.80. The highest BCUT2D eigenvalue weighted by Crippen LogP contribution is 2.26. The van der Waals surface area contributed by atoms with Crippen LogP contribution in [-0.4, -0.2) is 14.9 Å². The molecule has 0 amide bonds. The Kier molecular flexibility index (Phi) is 2.70. The number of hydrogen-bond donors (Lipinski definition) is 0. The molecule has 1 aromatic heterocycles. The minimum atomic E-state index is -0.435. The number of fused-ring (bicyclic) bond motifs is 1. The topological polar surface area (TPSA) is 68.9 Å². The molecule has 0 aliphatic heterocycles. The largest absolute Gasteiger partial charge is 0.283 e. The maximum Gasteiger partial charge on any atom is 0.283 e. The van der Waals surface area contributed by atoms with Crippen molar-refractivity contribution in [2.75, 3.05) is 0 Å². The molecule has 5 nitrogen and oxygen atoms in total. The average Bonchev–Trinajstić information content (AvgIpc) is 2.15. The highest BCUT2D eigenvalue weighted by molar-refractivity contribution is 14.1. The first-order chi connectivity index (χ1) is 7.08. The van der Waals surface area contributed by atoms with Gasteiger partial charge in [0.25, 0.3) is 5.69 Å². The highest BCUT2D eigenvalue weighted by atomic mass is 127. The lowest BCUT2D eigenvalue weighted by atomic mass is 10.2. The third-order valence-corrected chi connectivity index (χ3v) is 2.86. The van der Waals surface area contributed by atoms with Crippen molar-refractivity contribution < 1.29 is 4.92 Å². The molecule has 0 spiro atoms. The fraction of sp³-hybridized carbons (Fsp3) is 0. The van der Waals surface area contributed by atoms with E-state index in [9.17, 15) is 10.1 Å². The van der Waals surface area contributed by atoms with Crippen LogP contribution in [0.15, 0.2) is 18.3 Å². The Hall–Kier alpha value is -1.02. The van der Waals surface area contributed by atoms with Crippen LogP contribution in [0.5, 0.6) is 0 Å². The van der Waals surface area contributed by atoms with Gasteiger partial charge in [0.1, 0.15) is 0 Å². The van der Waals surface area contributed by atoms with E-state index in [1.807, 2.05) is 22.6 Å². The molecule has 0 aliphatic carbocycles. The molecule has 1 heterocycles. The van der Waals surface area contributed by atoms with Crippen LogP contribution >= 0.6 is 34.2 Å². The van der Waals surface area contributed by atoms with Crippen LogP contribution in [0.25, 0.3) is 10.9 Å². The Labute approximate surface area is 103 Å². The van der Waals surface area contributed by atoms with Crippen molar-refractivity contribution in [3.8, 4) is 0 Å². The molecule has 2 aromatic rings. The summed E-state index contributed by atoms with van der Waals surface area (Å²) in [5, 5.41) is 11.4. The minimum Gasteiger partial charge on any atom is -0.258 e. The average molecular weight is 335 g/mol. The molecule has 2 rings (SSSR count). The van der Waals surface area contributed by atoms with Gasteiger partial charge in [-0.15, -0.1) is 0 Å². The maximum atomic E-state index is 10.7. The van der Waals surface area contributed by atoms with E-state index >= 15 is 0 Å². The summed E-state index contributed by atoms with van der Waals surface area (Å²) in [4.78, 5) is 18.0. The van der Waals surface area contributed by atoms with Gasteiger partial charge in [-0.1, -0.05) is 0 Å². The summed E-state index contributed by atoms with van der Waals surface area (Å²) in [7, 11) is 0. The van der Waals surface area contributed by atoms with Crippen molar-refractivity contribution in [1.82, 2.24) is 9.97 Å². The van der Waals surface area contributed by atoms with E-state index < -0.39 is 4.92 Å². The molecule has 76 valence electrons. The lowest BCUT2D eigenvalue weighted by Gasteiger charge is -1.99. The van der Waals surface area contributed by atoms with Crippen LogP contribution in [0.1, 0.15) is 0 Å². The third kappa shape index (κ3) is 2.00. The zero-order valence-corrected chi connectivity index (χ0v) is 10.1. The summed E-state index contributed by atoms with van der Waals surface area (Å²) in [6.07, 6.45) is 1.47. The van der Waals surface area contributed by atoms with Crippen molar-refractivity contribution in [1.29, 1.82) is 0 Å². The van der Waals surface area contributed by atoms with Gasteiger partial charge in [0.15, 0.2) is 0 Å². The Balaban J connectivity index is 2.76. The second kappa shape index (κ2) is 3.86. The van der Waals surface area contributed by atoms with Crippen LogP contribution in [0, 0.1) is 13.7 Å². The van der Waals surface area contributed by atoms with Gasteiger partial charge >= 0.3 is 0 Å². The summed E-state index contributed by atoms with van der Waals surface area (Å²) in [6, 6.07) is 3.05. The minimum absolute atomic E-state index is 0.0500. The Morgan fingerprint density at radius 1 is 1.47 bits per heavy atom. The van der Waals surface area contributed by atoms with E-state index in [1.54, 1.807) is 6.07 Å². The van der Waals surface area contributed by atoms with Crippen LogP contribution < -0.4 is 0 Å². The molecule has 0 fully saturated rings. The fourth-order valence-electron chi connectivity index (χ4n) is 1.16. The van der Waals surface area contributed by atoms with E-state index in [1.165, 1.54) is 12.3 Å². The number of aromatic nitrogens is 2. The number of nitro groups is 1. The van der Waals surface area contributed by atoms with E-state index in [-0.39, 0.29) is 11.0 Å². The second-order valence-electron chi connectivity index (χ2n) is 2.76. The summed E-state index contributed by atoms with van der Waals surface area (Å²) in [5.41, 5.74) is 0.652. The van der Waals surface area contributed by atoms with Gasteiger partial charge in [0, 0.05) is 17.6 Å². The zero-order chi connectivity index (χ0) is 11.0. The molecule has 0 atom stereocenters. The molecule has 15 heavy (non-hydrogen) atoms. The third-order valence-electron chi connectivity index (χ3n) is 1.82. The number of benzene rings is 1. The van der Waals surface area contributed by atoms with Crippen molar-refractivity contribution in [3.63, 3.8) is 0 Å². The predicted molar refractivity (Wildman–Crippen MR) is 63.9 cm³/mol. The van der Waals surface area contributed by atoms with Crippen LogP contribution in [-0.2, 0) is 0 Å². The molecule has 0 radical (unpaired) electrons. The van der Waals surface area contributed by atoms with Gasteiger partial charge in [-0.25, -0.2) is 9.97 Å². The second-order valence-corrected chi connectivity index (χ2v) is 4.26. The van der Waals surface area contributed by atoms with E-state index in [0.717, 1.165) is 0 Å². The Morgan fingerprint density at radius 3 is 2.87 bits per heavy atom. The smallest absolute Gasteiger partial charge is 0.258 e. The lowest BCUT2D eigenvalue weighted by Crippen LogP contribution is -1.93. The summed E-state index contributed by atoms with van der Waals surface area (Å²) in [5.74, 6) is 0. The van der Waals surface area contributed by atoms with Crippen molar-refractivity contribution >= 4 is 50.8 Å². The molecule has 0 saturated heterocycles. The summed E-state index contributed by atoms with van der Waals surface area (Å²) < 4.78 is 0.528. The summed E-state index contributed by atoms with van der Waals surface area (Å²) >= 11 is 7.51. The van der Waals surface area contributed by atoms with Crippen LogP contribution in [0.2, 0.25) is 5.28 Å². The first-order valence-electron chi connectivity index (χ1n) is 3.84. The standard InChI is InChI=1S/C8H3ClIN3O2/c9-8-11-3-4-1-7(13(14)15)5(10)2-6(4)12-8/h1-3H. The Bertz CT molecular complexity index is 561. The van der Waals surface area contributed by atoms with Gasteiger partial charge < -0.3 is 0 Å². The van der Waals surface area contributed by atoms with E-state index in [4.69, 9.17) is 11.6 Å². The zero-order valence-electron chi connectivity index (χ0n) is 7.15.